The maximum atomic E-state index is 12.2. The van der Waals surface area contributed by atoms with E-state index in [1.165, 1.54) is 0 Å². The van der Waals surface area contributed by atoms with Crippen LogP contribution in [0.15, 0.2) is 0 Å². The standard InChI is InChI=1S/C13H22N2O3/c1-8-13(17)15(10(3)12(16)14-8)9(2)11-4-6-18-7-5-11/h8-11H,4-7H2,1-3H3,(H,14,16). The average molecular weight is 254 g/mol. The van der Waals surface area contributed by atoms with Crippen molar-refractivity contribution in [1.29, 1.82) is 0 Å². The van der Waals surface area contributed by atoms with Gasteiger partial charge >= 0.3 is 0 Å². The van der Waals surface area contributed by atoms with Gasteiger partial charge in [-0.05, 0) is 39.5 Å². The minimum atomic E-state index is -0.406. The van der Waals surface area contributed by atoms with Gasteiger partial charge in [-0.25, -0.2) is 0 Å². The number of amides is 2. The first-order valence-electron chi connectivity index (χ1n) is 6.72. The van der Waals surface area contributed by atoms with Crippen LogP contribution < -0.4 is 5.32 Å². The molecule has 0 saturated carbocycles. The van der Waals surface area contributed by atoms with Crippen LogP contribution in [0.2, 0.25) is 0 Å². The molecule has 2 saturated heterocycles. The highest BCUT2D eigenvalue weighted by Gasteiger charge is 2.40. The number of hydrogen-bond acceptors (Lipinski definition) is 3. The average Bonchev–Trinajstić information content (AvgIpc) is 2.37. The number of nitrogens with zero attached hydrogens (tertiary/aromatic N) is 1. The van der Waals surface area contributed by atoms with E-state index in [1.807, 2.05) is 0 Å². The summed E-state index contributed by atoms with van der Waals surface area (Å²) in [5.41, 5.74) is 0. The third-order valence-corrected chi connectivity index (χ3v) is 4.17. The number of nitrogens with one attached hydrogen (secondary N) is 1. The topological polar surface area (TPSA) is 58.6 Å². The second kappa shape index (κ2) is 5.26. The van der Waals surface area contributed by atoms with Crippen molar-refractivity contribution in [2.24, 2.45) is 5.92 Å². The summed E-state index contributed by atoms with van der Waals surface area (Å²) < 4.78 is 5.35. The van der Waals surface area contributed by atoms with Crippen molar-refractivity contribution < 1.29 is 14.3 Å². The first-order valence-corrected chi connectivity index (χ1v) is 6.72. The van der Waals surface area contributed by atoms with Gasteiger partial charge in [-0.15, -0.1) is 0 Å². The number of carbonyl (C=O) groups is 2. The van der Waals surface area contributed by atoms with Crippen LogP contribution in [0, 0.1) is 5.92 Å². The molecule has 2 rings (SSSR count). The van der Waals surface area contributed by atoms with Crippen LogP contribution in [-0.4, -0.2) is 48.1 Å². The zero-order chi connectivity index (χ0) is 13.3. The van der Waals surface area contributed by atoms with Gasteiger partial charge in [0.25, 0.3) is 0 Å². The Morgan fingerprint density at radius 3 is 2.50 bits per heavy atom. The monoisotopic (exact) mass is 254 g/mol. The van der Waals surface area contributed by atoms with E-state index in [2.05, 4.69) is 12.2 Å². The van der Waals surface area contributed by atoms with Gasteiger partial charge in [-0.1, -0.05) is 0 Å². The molecular formula is C13H22N2O3. The van der Waals surface area contributed by atoms with E-state index in [1.54, 1.807) is 18.7 Å². The van der Waals surface area contributed by atoms with Crippen LogP contribution in [0.4, 0.5) is 0 Å². The summed E-state index contributed by atoms with van der Waals surface area (Å²) in [5.74, 6) is 0.408. The maximum absolute atomic E-state index is 12.2. The molecule has 0 radical (unpaired) electrons. The molecule has 5 nitrogen and oxygen atoms in total. The normalized spacial score (nSPS) is 32.3. The minimum Gasteiger partial charge on any atom is -0.381 e. The Morgan fingerprint density at radius 1 is 1.28 bits per heavy atom. The Balaban J connectivity index is 2.12. The van der Waals surface area contributed by atoms with Crippen molar-refractivity contribution in [1.82, 2.24) is 10.2 Å². The smallest absolute Gasteiger partial charge is 0.245 e. The van der Waals surface area contributed by atoms with E-state index in [-0.39, 0.29) is 23.9 Å². The Hall–Kier alpha value is -1.10. The fraction of sp³-hybridized carbons (Fsp3) is 0.846. The van der Waals surface area contributed by atoms with Crippen LogP contribution in [-0.2, 0) is 14.3 Å². The van der Waals surface area contributed by atoms with Gasteiger partial charge in [-0.2, -0.15) is 0 Å². The highest BCUT2D eigenvalue weighted by Crippen LogP contribution is 2.26. The highest BCUT2D eigenvalue weighted by atomic mass is 16.5. The fourth-order valence-electron chi connectivity index (χ4n) is 2.92. The third kappa shape index (κ3) is 2.36. The zero-order valence-electron chi connectivity index (χ0n) is 11.3. The lowest BCUT2D eigenvalue weighted by Crippen LogP contribution is -2.64. The van der Waals surface area contributed by atoms with E-state index in [0.29, 0.717) is 5.92 Å². The lowest BCUT2D eigenvalue weighted by atomic mass is 9.90. The Morgan fingerprint density at radius 2 is 1.89 bits per heavy atom. The molecule has 18 heavy (non-hydrogen) atoms. The first kappa shape index (κ1) is 13.3. The molecule has 0 aliphatic carbocycles. The molecule has 2 heterocycles. The maximum Gasteiger partial charge on any atom is 0.245 e. The van der Waals surface area contributed by atoms with Gasteiger partial charge < -0.3 is 15.0 Å². The predicted molar refractivity (Wildman–Crippen MR) is 66.9 cm³/mol. The second-order valence-corrected chi connectivity index (χ2v) is 5.34. The minimum absolute atomic E-state index is 0.0288. The summed E-state index contributed by atoms with van der Waals surface area (Å²) >= 11 is 0. The molecule has 0 spiro atoms. The molecule has 2 amide bonds. The lowest BCUT2D eigenvalue weighted by Gasteiger charge is -2.43. The lowest BCUT2D eigenvalue weighted by molar-refractivity contribution is -0.152. The van der Waals surface area contributed by atoms with Crippen LogP contribution >= 0.6 is 0 Å². The Kier molecular flexibility index (Phi) is 3.90. The Bertz CT molecular complexity index is 339. The molecule has 3 unspecified atom stereocenters. The van der Waals surface area contributed by atoms with E-state index in [9.17, 15) is 9.59 Å². The van der Waals surface area contributed by atoms with Gasteiger partial charge in [0.2, 0.25) is 11.8 Å². The number of carbonyl (C=O) groups excluding carboxylic acids is 2. The molecule has 1 N–H and O–H groups in total. The molecule has 2 aliphatic heterocycles. The second-order valence-electron chi connectivity index (χ2n) is 5.34. The van der Waals surface area contributed by atoms with Crippen molar-refractivity contribution in [2.45, 2.75) is 51.7 Å². The van der Waals surface area contributed by atoms with Crippen molar-refractivity contribution >= 4 is 11.8 Å². The molecule has 0 aromatic carbocycles. The van der Waals surface area contributed by atoms with Crippen molar-refractivity contribution in [3.63, 3.8) is 0 Å². The summed E-state index contributed by atoms with van der Waals surface area (Å²) in [6.07, 6.45) is 1.93. The first-order chi connectivity index (χ1) is 8.52. The van der Waals surface area contributed by atoms with Gasteiger partial charge in [-0.3, -0.25) is 9.59 Å². The highest BCUT2D eigenvalue weighted by molar-refractivity contribution is 5.96. The molecule has 0 aromatic rings. The van der Waals surface area contributed by atoms with Crippen molar-refractivity contribution in [3.8, 4) is 0 Å². The van der Waals surface area contributed by atoms with Gasteiger partial charge in [0, 0.05) is 19.3 Å². The summed E-state index contributed by atoms with van der Waals surface area (Å²) in [4.78, 5) is 25.8. The molecule has 2 aliphatic rings. The van der Waals surface area contributed by atoms with Gasteiger partial charge in [0.1, 0.15) is 12.1 Å². The molecule has 2 fully saturated rings. The Labute approximate surface area is 108 Å². The van der Waals surface area contributed by atoms with Crippen LogP contribution in [0.5, 0.6) is 0 Å². The molecule has 0 bridgehead atoms. The van der Waals surface area contributed by atoms with Crippen molar-refractivity contribution in [2.75, 3.05) is 13.2 Å². The van der Waals surface area contributed by atoms with E-state index < -0.39 is 6.04 Å². The number of piperazine rings is 1. The van der Waals surface area contributed by atoms with E-state index in [0.717, 1.165) is 26.1 Å². The molecular weight excluding hydrogens is 232 g/mol. The van der Waals surface area contributed by atoms with Gasteiger partial charge in [0.15, 0.2) is 0 Å². The van der Waals surface area contributed by atoms with Crippen LogP contribution in [0.3, 0.4) is 0 Å². The quantitative estimate of drug-likeness (QED) is 0.782. The fourth-order valence-corrected chi connectivity index (χ4v) is 2.92. The molecule has 5 heteroatoms. The molecule has 102 valence electrons. The van der Waals surface area contributed by atoms with Gasteiger partial charge in [0.05, 0.1) is 0 Å². The largest absolute Gasteiger partial charge is 0.381 e. The van der Waals surface area contributed by atoms with E-state index >= 15 is 0 Å². The number of hydrogen-bond donors (Lipinski definition) is 1. The van der Waals surface area contributed by atoms with Crippen molar-refractivity contribution in [3.05, 3.63) is 0 Å². The van der Waals surface area contributed by atoms with Crippen LogP contribution in [0.1, 0.15) is 33.6 Å². The SMILES string of the molecule is CC1NC(=O)C(C)N(C(C)C2CCOCC2)C1=O. The summed E-state index contributed by atoms with van der Waals surface area (Å²) in [5, 5.41) is 2.71. The number of ether oxygens (including phenoxy) is 1. The van der Waals surface area contributed by atoms with Crippen LogP contribution in [0.25, 0.3) is 0 Å². The number of rotatable bonds is 2. The summed E-state index contributed by atoms with van der Waals surface area (Å²) in [6.45, 7) is 7.11. The van der Waals surface area contributed by atoms with E-state index in [4.69, 9.17) is 4.74 Å². The summed E-state index contributed by atoms with van der Waals surface area (Å²) in [6, 6.07) is -0.674. The molecule has 0 aromatic heterocycles. The summed E-state index contributed by atoms with van der Waals surface area (Å²) in [7, 11) is 0. The molecule has 3 atom stereocenters. The third-order valence-electron chi connectivity index (χ3n) is 4.17. The predicted octanol–water partition coefficient (Wildman–Crippen LogP) is 0.537. The zero-order valence-corrected chi connectivity index (χ0v) is 11.3.